The van der Waals surface area contributed by atoms with E-state index in [1.54, 1.807) is 36.3 Å². The van der Waals surface area contributed by atoms with E-state index in [0.717, 1.165) is 12.8 Å². The number of carbonyl (C=O) groups excluding carboxylic acids is 2. The molecule has 142 valence electrons. The van der Waals surface area contributed by atoms with E-state index in [9.17, 15) is 14.4 Å². The molecule has 3 heterocycles. The van der Waals surface area contributed by atoms with Crippen molar-refractivity contribution < 1.29 is 9.59 Å². The fraction of sp³-hybridized carbons (Fsp3) is 0.421. The predicted molar refractivity (Wildman–Crippen MR) is 100 cm³/mol. The second-order valence-corrected chi connectivity index (χ2v) is 6.61. The largest absolute Gasteiger partial charge is 0.342 e. The zero-order valence-corrected chi connectivity index (χ0v) is 15.5. The van der Waals surface area contributed by atoms with Crippen LogP contribution in [0.1, 0.15) is 36.5 Å². The fourth-order valence-electron chi connectivity index (χ4n) is 3.17. The molecule has 0 radical (unpaired) electrons. The Labute approximate surface area is 157 Å². The molecule has 1 fully saturated rings. The molecule has 0 saturated carbocycles. The zero-order chi connectivity index (χ0) is 19.4. The van der Waals surface area contributed by atoms with Gasteiger partial charge < -0.3 is 14.8 Å². The van der Waals surface area contributed by atoms with Gasteiger partial charge in [-0.05, 0) is 18.6 Å². The van der Waals surface area contributed by atoms with Crippen LogP contribution in [0, 0.1) is 0 Å². The quantitative estimate of drug-likeness (QED) is 0.856. The second kappa shape index (κ2) is 8.11. The predicted octanol–water partition coefficient (Wildman–Crippen LogP) is 1.30. The van der Waals surface area contributed by atoms with E-state index in [-0.39, 0.29) is 11.5 Å². The van der Waals surface area contributed by atoms with E-state index in [1.807, 2.05) is 6.92 Å². The Hall–Kier alpha value is -3.03. The average molecular weight is 369 g/mol. The van der Waals surface area contributed by atoms with Crippen molar-refractivity contribution in [3.05, 3.63) is 46.5 Å². The van der Waals surface area contributed by atoms with E-state index in [0.29, 0.717) is 31.0 Å². The third-order valence-electron chi connectivity index (χ3n) is 4.74. The smallest absolute Gasteiger partial charge is 0.264 e. The van der Waals surface area contributed by atoms with Crippen LogP contribution in [0.4, 0.5) is 0 Å². The Kier molecular flexibility index (Phi) is 5.63. The number of nitrogens with one attached hydrogen (secondary N) is 1. The van der Waals surface area contributed by atoms with Crippen molar-refractivity contribution in [2.24, 2.45) is 0 Å². The SMILES string of the molecule is CCCC[C@H]1C(=O)N(C)CCN1C(=O)c1cnc(-c2ccccn2)[nH]c1=O. The summed E-state index contributed by atoms with van der Waals surface area (Å²) in [5.74, 6) is -0.245. The van der Waals surface area contributed by atoms with Crippen LogP contribution < -0.4 is 5.56 Å². The summed E-state index contributed by atoms with van der Waals surface area (Å²) in [7, 11) is 1.74. The van der Waals surface area contributed by atoms with Crippen LogP contribution >= 0.6 is 0 Å². The lowest BCUT2D eigenvalue weighted by atomic mass is 10.0. The molecule has 8 nitrogen and oxygen atoms in total. The summed E-state index contributed by atoms with van der Waals surface area (Å²) in [6.07, 6.45) is 5.22. The van der Waals surface area contributed by atoms with Crippen LogP contribution in [0.3, 0.4) is 0 Å². The minimum absolute atomic E-state index is 0.0615. The molecule has 2 aromatic heterocycles. The number of nitrogens with zero attached hydrogens (tertiary/aromatic N) is 4. The van der Waals surface area contributed by atoms with Crippen LogP contribution in [0.25, 0.3) is 11.5 Å². The molecule has 1 aliphatic rings. The average Bonchev–Trinajstić information content (AvgIpc) is 2.69. The summed E-state index contributed by atoms with van der Waals surface area (Å²) in [6, 6.07) is 4.74. The fourth-order valence-corrected chi connectivity index (χ4v) is 3.17. The molecule has 0 unspecified atom stereocenters. The van der Waals surface area contributed by atoms with Gasteiger partial charge in [0, 0.05) is 32.5 Å². The summed E-state index contributed by atoms with van der Waals surface area (Å²) in [5.41, 5.74) is -0.0750. The van der Waals surface area contributed by atoms with Crippen LogP contribution in [-0.4, -0.2) is 62.7 Å². The molecule has 27 heavy (non-hydrogen) atoms. The van der Waals surface area contributed by atoms with Crippen molar-refractivity contribution in [1.29, 1.82) is 0 Å². The monoisotopic (exact) mass is 369 g/mol. The van der Waals surface area contributed by atoms with Crippen molar-refractivity contribution in [3.8, 4) is 11.5 Å². The molecular formula is C19H23N5O3. The molecule has 3 rings (SSSR count). The number of unbranched alkanes of at least 4 members (excludes halogenated alkanes) is 1. The number of H-pyrrole nitrogens is 1. The maximum atomic E-state index is 13.0. The van der Waals surface area contributed by atoms with Crippen LogP contribution in [0.2, 0.25) is 0 Å². The van der Waals surface area contributed by atoms with Crippen molar-refractivity contribution in [2.75, 3.05) is 20.1 Å². The van der Waals surface area contributed by atoms with E-state index >= 15 is 0 Å². The van der Waals surface area contributed by atoms with Crippen molar-refractivity contribution >= 4 is 11.8 Å². The Morgan fingerprint density at radius 2 is 2.07 bits per heavy atom. The molecule has 1 saturated heterocycles. The van der Waals surface area contributed by atoms with Crippen molar-refractivity contribution in [3.63, 3.8) is 0 Å². The van der Waals surface area contributed by atoms with Gasteiger partial charge in [0.15, 0.2) is 5.82 Å². The first-order chi connectivity index (χ1) is 13.0. The highest BCUT2D eigenvalue weighted by atomic mass is 16.2. The van der Waals surface area contributed by atoms with E-state index in [2.05, 4.69) is 15.0 Å². The van der Waals surface area contributed by atoms with Crippen molar-refractivity contribution in [1.82, 2.24) is 24.8 Å². The molecule has 0 bridgehead atoms. The maximum absolute atomic E-state index is 13.0. The van der Waals surface area contributed by atoms with E-state index in [4.69, 9.17) is 0 Å². The second-order valence-electron chi connectivity index (χ2n) is 6.61. The van der Waals surface area contributed by atoms with Gasteiger partial charge in [-0.15, -0.1) is 0 Å². The number of aromatic nitrogens is 3. The number of piperazine rings is 1. The molecule has 0 spiro atoms. The standard InChI is InChI=1S/C19H23N5O3/c1-3-4-8-15-19(27)23(2)10-11-24(15)18(26)13-12-21-16(22-17(13)25)14-7-5-6-9-20-14/h5-7,9,12,15H,3-4,8,10-11H2,1-2H3,(H,21,22,25)/t15-/m0/s1. The summed E-state index contributed by atoms with van der Waals surface area (Å²) in [4.78, 5) is 52.1. The van der Waals surface area contributed by atoms with Gasteiger partial charge in [0.25, 0.3) is 11.5 Å². The third kappa shape index (κ3) is 3.89. The summed E-state index contributed by atoms with van der Waals surface area (Å²) >= 11 is 0. The first-order valence-electron chi connectivity index (χ1n) is 9.09. The topological polar surface area (TPSA) is 99.3 Å². The molecule has 1 N–H and O–H groups in total. The lowest BCUT2D eigenvalue weighted by Crippen LogP contribution is -2.58. The number of likely N-dealkylation sites (N-methyl/N-ethyl adjacent to an activating group) is 1. The summed E-state index contributed by atoms with van der Waals surface area (Å²) in [6.45, 7) is 2.88. The number of hydrogen-bond donors (Lipinski definition) is 1. The number of aromatic amines is 1. The highest BCUT2D eigenvalue weighted by molar-refractivity contribution is 5.97. The molecular weight excluding hydrogens is 346 g/mol. The van der Waals surface area contributed by atoms with Gasteiger partial charge in [-0.3, -0.25) is 19.4 Å². The number of rotatable bonds is 5. The number of hydrogen-bond acceptors (Lipinski definition) is 5. The minimum Gasteiger partial charge on any atom is -0.342 e. The summed E-state index contributed by atoms with van der Waals surface area (Å²) < 4.78 is 0. The summed E-state index contributed by atoms with van der Waals surface area (Å²) in [5, 5.41) is 0. The maximum Gasteiger partial charge on any atom is 0.264 e. The molecule has 0 aromatic carbocycles. The Bertz CT molecular complexity index is 880. The highest BCUT2D eigenvalue weighted by Crippen LogP contribution is 2.18. The van der Waals surface area contributed by atoms with Crippen LogP contribution in [0.15, 0.2) is 35.4 Å². The zero-order valence-electron chi connectivity index (χ0n) is 15.5. The Balaban J connectivity index is 1.88. The van der Waals surface area contributed by atoms with Gasteiger partial charge in [0.2, 0.25) is 5.91 Å². The lowest BCUT2D eigenvalue weighted by Gasteiger charge is -2.39. The third-order valence-corrected chi connectivity index (χ3v) is 4.74. The van der Waals surface area contributed by atoms with Crippen LogP contribution in [0.5, 0.6) is 0 Å². The van der Waals surface area contributed by atoms with Gasteiger partial charge in [-0.1, -0.05) is 25.8 Å². The van der Waals surface area contributed by atoms with Gasteiger partial charge >= 0.3 is 0 Å². The van der Waals surface area contributed by atoms with Crippen molar-refractivity contribution in [2.45, 2.75) is 32.2 Å². The van der Waals surface area contributed by atoms with Gasteiger partial charge in [-0.25, -0.2) is 4.98 Å². The number of carbonyl (C=O) groups is 2. The molecule has 1 aliphatic heterocycles. The molecule has 1 atom stereocenters. The minimum atomic E-state index is -0.536. The van der Waals surface area contributed by atoms with Crippen LogP contribution in [-0.2, 0) is 4.79 Å². The van der Waals surface area contributed by atoms with Gasteiger partial charge in [-0.2, -0.15) is 0 Å². The first kappa shape index (κ1) is 18.8. The van der Waals surface area contributed by atoms with Gasteiger partial charge in [0.1, 0.15) is 17.3 Å². The number of amides is 2. The Morgan fingerprint density at radius 3 is 2.74 bits per heavy atom. The Morgan fingerprint density at radius 1 is 1.26 bits per heavy atom. The van der Waals surface area contributed by atoms with E-state index in [1.165, 1.54) is 11.1 Å². The molecule has 2 aromatic rings. The normalized spacial score (nSPS) is 17.3. The molecule has 8 heteroatoms. The number of pyridine rings is 1. The lowest BCUT2D eigenvalue weighted by molar-refractivity contribution is -0.138. The highest BCUT2D eigenvalue weighted by Gasteiger charge is 2.36. The molecule has 2 amide bonds. The van der Waals surface area contributed by atoms with E-state index < -0.39 is 17.5 Å². The molecule has 0 aliphatic carbocycles. The van der Waals surface area contributed by atoms with Gasteiger partial charge in [0.05, 0.1) is 0 Å². The first-order valence-corrected chi connectivity index (χ1v) is 9.09.